The Balaban J connectivity index is 1.41. The zero-order valence-corrected chi connectivity index (χ0v) is 29.9. The van der Waals surface area contributed by atoms with Crippen LogP contribution in [0.2, 0.25) is 0 Å². The van der Waals surface area contributed by atoms with Crippen molar-refractivity contribution in [1.29, 1.82) is 0 Å². The first-order valence-electron chi connectivity index (χ1n) is 15.3. The van der Waals surface area contributed by atoms with E-state index in [4.69, 9.17) is 14.2 Å². The van der Waals surface area contributed by atoms with E-state index >= 15 is 4.39 Å². The van der Waals surface area contributed by atoms with Crippen molar-refractivity contribution in [3.05, 3.63) is 104 Å². The molecule has 0 bridgehead atoms. The lowest BCUT2D eigenvalue weighted by Crippen LogP contribution is -2.25. The molecular weight excluding hydrogens is 734 g/mol. The summed E-state index contributed by atoms with van der Waals surface area (Å²) in [7, 11) is -5.20. The standard InChI is InChI=1S/C34H37FIN5O3P2/c1-4-24(2)20-45(3,42)23-43-34-29(36)28(35)33(44-34)41-22-39-30-31(37-21-38-32(30)41)40-46(25-14-8-5-9-15-25,26-16-10-6-11-17-26)27-18-12-7-13-19-27/h5-19,21-22,24,28-29,33-34H,4,20,23H2,1-3H3/t24-,28-,29-,33+,34-,45-/m0/s1. The predicted molar refractivity (Wildman–Crippen MR) is 193 cm³/mol. The number of halogens is 2. The molecular formula is C34H37FIN5O3P2. The van der Waals surface area contributed by atoms with Gasteiger partial charge in [-0.05, 0) is 12.6 Å². The van der Waals surface area contributed by atoms with Crippen molar-refractivity contribution in [2.45, 2.75) is 42.9 Å². The molecule has 1 aliphatic heterocycles. The van der Waals surface area contributed by atoms with Gasteiger partial charge in [0, 0.05) is 22.1 Å². The van der Waals surface area contributed by atoms with E-state index in [1.165, 1.54) is 12.7 Å². The van der Waals surface area contributed by atoms with Crippen LogP contribution >= 0.6 is 36.8 Å². The number of aromatic nitrogens is 4. The second-order valence-electron chi connectivity index (χ2n) is 11.8. The number of rotatable bonds is 11. The Morgan fingerprint density at radius 2 is 1.52 bits per heavy atom. The topological polar surface area (TPSA) is 91.5 Å². The third kappa shape index (κ3) is 6.65. The lowest BCUT2D eigenvalue weighted by atomic mass is 10.2. The molecule has 3 heterocycles. The first-order valence-corrected chi connectivity index (χ1v) is 20.8. The van der Waals surface area contributed by atoms with Gasteiger partial charge in [0.1, 0.15) is 19.8 Å². The van der Waals surface area contributed by atoms with Crippen molar-refractivity contribution < 1.29 is 18.4 Å². The third-order valence-electron chi connectivity index (χ3n) is 8.26. The molecule has 6 atom stereocenters. The van der Waals surface area contributed by atoms with Crippen LogP contribution < -0.4 is 15.9 Å². The number of fused-ring (bicyclic) bond motifs is 1. The number of nitrogens with zero attached hydrogens (tertiary/aromatic N) is 5. The zero-order valence-electron chi connectivity index (χ0n) is 25.9. The van der Waals surface area contributed by atoms with E-state index in [0.29, 0.717) is 29.1 Å². The van der Waals surface area contributed by atoms with Crippen LogP contribution in [0.5, 0.6) is 0 Å². The maximum atomic E-state index is 15.9. The summed E-state index contributed by atoms with van der Waals surface area (Å²) in [5, 5.41) is 3.20. The summed E-state index contributed by atoms with van der Waals surface area (Å²) in [6, 6.07) is 30.8. The van der Waals surface area contributed by atoms with Gasteiger partial charge < -0.3 is 14.0 Å². The SMILES string of the molecule is CC[C@H](C)C[P@](C)(=O)CO[C@H]1O[C@@H](n2cnc3c(N=P(c4ccccc4)(c4ccccc4)c4ccccc4)ncnc32)[C@@H](F)[C@@H]1I. The second kappa shape index (κ2) is 14.2. The molecule has 1 fully saturated rings. The largest absolute Gasteiger partial charge is 0.344 e. The highest BCUT2D eigenvalue weighted by atomic mass is 127. The molecule has 46 heavy (non-hydrogen) atoms. The summed E-state index contributed by atoms with van der Waals surface area (Å²) in [5.41, 5.74) is 0.863. The van der Waals surface area contributed by atoms with Crippen LogP contribution in [0, 0.1) is 5.92 Å². The maximum absolute atomic E-state index is 15.9. The molecule has 8 nitrogen and oxygen atoms in total. The molecule has 5 aromatic rings. The van der Waals surface area contributed by atoms with Crippen LogP contribution in [0.25, 0.3) is 11.2 Å². The molecule has 1 saturated heterocycles. The number of hydrogen-bond donors (Lipinski definition) is 0. The minimum Gasteiger partial charge on any atom is -0.344 e. The van der Waals surface area contributed by atoms with Crippen molar-refractivity contribution in [3.8, 4) is 0 Å². The molecule has 12 heteroatoms. The fourth-order valence-electron chi connectivity index (χ4n) is 5.81. The van der Waals surface area contributed by atoms with Crippen LogP contribution in [0.1, 0.15) is 26.5 Å². The summed E-state index contributed by atoms with van der Waals surface area (Å²) in [4.78, 5) is 13.8. The van der Waals surface area contributed by atoms with E-state index in [2.05, 4.69) is 65.2 Å². The summed E-state index contributed by atoms with van der Waals surface area (Å²) in [6.07, 6.45) is 1.24. The number of alkyl halides is 2. The van der Waals surface area contributed by atoms with E-state index in [-0.39, 0.29) is 6.35 Å². The number of ether oxygens (including phenoxy) is 2. The highest BCUT2D eigenvalue weighted by Gasteiger charge is 2.46. The van der Waals surface area contributed by atoms with Crippen molar-refractivity contribution in [2.75, 3.05) is 19.2 Å². The Bertz CT molecular complexity index is 1780. The summed E-state index contributed by atoms with van der Waals surface area (Å²) in [5.74, 6) is 0.738. The van der Waals surface area contributed by atoms with E-state index in [1.54, 1.807) is 11.2 Å². The van der Waals surface area contributed by atoms with E-state index < -0.39 is 36.8 Å². The van der Waals surface area contributed by atoms with Crippen molar-refractivity contribution in [3.63, 3.8) is 0 Å². The lowest BCUT2D eigenvalue weighted by molar-refractivity contribution is -0.139. The number of benzene rings is 3. The second-order valence-corrected chi connectivity index (χ2v) is 19.5. The molecule has 0 N–H and O–H groups in total. The summed E-state index contributed by atoms with van der Waals surface area (Å²) < 4.78 is 47.6. The molecule has 1 aliphatic rings. The van der Waals surface area contributed by atoms with Crippen molar-refractivity contribution in [2.24, 2.45) is 10.7 Å². The maximum Gasteiger partial charge on any atom is 0.183 e. The molecule has 3 aromatic carbocycles. The molecule has 0 saturated carbocycles. The Hall–Kier alpha value is -2.75. The molecule has 240 valence electrons. The molecule has 2 aromatic heterocycles. The predicted octanol–water partition coefficient (Wildman–Crippen LogP) is 7.65. The molecule has 0 unspecified atom stereocenters. The summed E-state index contributed by atoms with van der Waals surface area (Å²) in [6.45, 7) is 5.90. The van der Waals surface area contributed by atoms with Gasteiger partial charge >= 0.3 is 0 Å². The van der Waals surface area contributed by atoms with Gasteiger partial charge in [-0.2, -0.15) is 0 Å². The average Bonchev–Trinajstić information content (AvgIpc) is 3.64. The molecule has 0 spiro atoms. The van der Waals surface area contributed by atoms with Gasteiger partial charge in [-0.25, -0.2) is 24.1 Å². The average molecular weight is 772 g/mol. The van der Waals surface area contributed by atoms with Crippen LogP contribution in [0.4, 0.5) is 10.2 Å². The first-order chi connectivity index (χ1) is 22.2. The highest BCUT2D eigenvalue weighted by Crippen LogP contribution is 2.50. The zero-order chi connectivity index (χ0) is 32.3. The van der Waals surface area contributed by atoms with Crippen LogP contribution in [0.3, 0.4) is 0 Å². The number of imidazole rings is 1. The van der Waals surface area contributed by atoms with Gasteiger partial charge in [-0.1, -0.05) is 134 Å². The summed E-state index contributed by atoms with van der Waals surface area (Å²) >= 11 is 2.02. The quantitative estimate of drug-likeness (QED) is 0.0779. The van der Waals surface area contributed by atoms with Crippen LogP contribution in [-0.2, 0) is 14.0 Å². The van der Waals surface area contributed by atoms with E-state index in [9.17, 15) is 4.57 Å². The monoisotopic (exact) mass is 771 g/mol. The molecule has 0 aliphatic carbocycles. The third-order valence-corrected chi connectivity index (χ3v) is 15.3. The van der Waals surface area contributed by atoms with Crippen LogP contribution in [-0.4, -0.2) is 55.1 Å². The van der Waals surface area contributed by atoms with Gasteiger partial charge in [-0.15, -0.1) is 0 Å². The smallest absolute Gasteiger partial charge is 0.183 e. The minimum atomic E-state index is -2.63. The van der Waals surface area contributed by atoms with E-state index in [0.717, 1.165) is 22.3 Å². The fraction of sp³-hybridized carbons (Fsp3) is 0.324. The van der Waals surface area contributed by atoms with Gasteiger partial charge in [0.25, 0.3) is 0 Å². The Labute approximate surface area is 282 Å². The van der Waals surface area contributed by atoms with Gasteiger partial charge in [0.2, 0.25) is 0 Å². The molecule has 0 radical (unpaired) electrons. The fourth-order valence-corrected chi connectivity index (χ4v) is 12.2. The minimum absolute atomic E-state index is 0.0427. The Kier molecular flexibility index (Phi) is 10.2. The van der Waals surface area contributed by atoms with Crippen molar-refractivity contribution >= 4 is 69.7 Å². The van der Waals surface area contributed by atoms with Gasteiger partial charge in [-0.3, -0.25) is 4.57 Å². The Morgan fingerprint density at radius 1 is 0.957 bits per heavy atom. The van der Waals surface area contributed by atoms with Crippen LogP contribution in [0.15, 0.2) is 108 Å². The normalized spacial score (nSPS) is 22.0. The van der Waals surface area contributed by atoms with E-state index in [1.807, 2.05) is 77.2 Å². The highest BCUT2D eigenvalue weighted by molar-refractivity contribution is 14.1. The lowest BCUT2D eigenvalue weighted by Gasteiger charge is -2.26. The van der Waals surface area contributed by atoms with Crippen molar-refractivity contribution in [1.82, 2.24) is 19.5 Å². The molecule has 6 rings (SSSR count). The molecule has 0 amide bonds. The van der Waals surface area contributed by atoms with Gasteiger partial charge in [0.05, 0.1) is 17.3 Å². The number of hydrogen-bond acceptors (Lipinski definition) is 7. The first kappa shape index (κ1) is 33.2. The Morgan fingerprint density at radius 3 is 2.07 bits per heavy atom. The van der Waals surface area contributed by atoms with Gasteiger partial charge in [0.15, 0.2) is 35.7 Å².